The zero-order valence-electron chi connectivity index (χ0n) is 18.6. The Labute approximate surface area is 187 Å². The van der Waals surface area contributed by atoms with E-state index < -0.39 is 0 Å². The molecule has 0 aliphatic carbocycles. The topological polar surface area (TPSA) is 44.7 Å². The van der Waals surface area contributed by atoms with Gasteiger partial charge in [0.15, 0.2) is 5.17 Å². The van der Waals surface area contributed by atoms with Gasteiger partial charge in [-0.15, -0.1) is 0 Å². The molecule has 31 heavy (non-hydrogen) atoms. The van der Waals surface area contributed by atoms with E-state index in [1.807, 2.05) is 6.08 Å². The van der Waals surface area contributed by atoms with Crippen LogP contribution in [0, 0.1) is 5.82 Å². The number of benzene rings is 2. The van der Waals surface area contributed by atoms with Gasteiger partial charge in [0.1, 0.15) is 5.82 Å². The summed E-state index contributed by atoms with van der Waals surface area (Å²) in [6, 6.07) is 12.8. The number of aliphatic imine (C=N–C) groups is 1. The van der Waals surface area contributed by atoms with E-state index in [4.69, 9.17) is 0 Å². The van der Waals surface area contributed by atoms with Crippen molar-refractivity contribution in [2.75, 3.05) is 4.90 Å². The average molecular weight is 438 g/mol. The number of fused-ring (bicyclic) bond motifs is 1. The maximum atomic E-state index is 13.1. The molecule has 0 bridgehead atoms. The molecular formula is C25H28FN3OS. The first-order chi connectivity index (χ1) is 14.6. The van der Waals surface area contributed by atoms with Crippen LogP contribution in [0.5, 0.6) is 0 Å². The minimum atomic E-state index is -0.311. The molecule has 2 heterocycles. The molecule has 2 aliphatic rings. The Morgan fingerprint density at radius 3 is 2.61 bits per heavy atom. The third kappa shape index (κ3) is 4.40. The van der Waals surface area contributed by atoms with E-state index in [1.54, 1.807) is 12.1 Å². The number of carbonyl (C=O) groups is 1. The molecule has 0 spiro atoms. The Kier molecular flexibility index (Phi) is 5.69. The van der Waals surface area contributed by atoms with Crippen molar-refractivity contribution in [2.24, 2.45) is 4.99 Å². The SMILES string of the molecule is CC(C)N1c2ccc(/C=C3\SC(=Nc4ccc(F)cc4)NC3=O)cc2[C@H](C)CC1(C)C. The number of anilines is 1. The van der Waals surface area contributed by atoms with Gasteiger partial charge in [0.25, 0.3) is 5.91 Å². The largest absolute Gasteiger partial charge is 0.364 e. The summed E-state index contributed by atoms with van der Waals surface area (Å²) in [7, 11) is 0. The number of halogens is 1. The molecule has 4 nitrogen and oxygen atoms in total. The van der Waals surface area contributed by atoms with E-state index in [1.165, 1.54) is 35.1 Å². The number of thioether (sulfide) groups is 1. The van der Waals surface area contributed by atoms with Gasteiger partial charge in [-0.2, -0.15) is 0 Å². The standard InChI is InChI=1S/C25H28FN3OS/c1-15(2)29-21-11-6-17(12-20(21)16(3)14-25(29,4)5)13-22-23(30)28-24(31-22)27-19-9-7-18(26)8-10-19/h6-13,15-16H,14H2,1-5H3,(H,27,28,30)/b22-13-/t16-/m1/s1. The number of nitrogens with zero attached hydrogens (tertiary/aromatic N) is 2. The van der Waals surface area contributed by atoms with E-state index in [-0.39, 0.29) is 17.3 Å². The summed E-state index contributed by atoms with van der Waals surface area (Å²) in [5.74, 6) is -0.0331. The van der Waals surface area contributed by atoms with Crippen molar-refractivity contribution in [2.45, 2.75) is 58.5 Å². The van der Waals surface area contributed by atoms with Crippen LogP contribution in [-0.2, 0) is 4.79 Å². The number of hydrogen-bond acceptors (Lipinski definition) is 4. The summed E-state index contributed by atoms with van der Waals surface area (Å²) in [5, 5.41) is 3.30. The van der Waals surface area contributed by atoms with Gasteiger partial charge in [0.05, 0.1) is 10.6 Å². The minimum Gasteiger partial charge on any atom is -0.364 e. The number of amidine groups is 1. The maximum absolute atomic E-state index is 13.1. The van der Waals surface area contributed by atoms with Gasteiger partial charge in [-0.25, -0.2) is 9.38 Å². The Bertz CT molecular complexity index is 1070. The number of rotatable bonds is 3. The van der Waals surface area contributed by atoms with Crippen LogP contribution in [0.25, 0.3) is 6.08 Å². The summed E-state index contributed by atoms with van der Waals surface area (Å²) in [4.78, 5) is 20.0. The molecule has 1 atom stereocenters. The van der Waals surface area contributed by atoms with Crippen molar-refractivity contribution in [3.8, 4) is 0 Å². The van der Waals surface area contributed by atoms with Crippen LogP contribution in [0.15, 0.2) is 52.4 Å². The fourth-order valence-electron chi connectivity index (χ4n) is 4.80. The smallest absolute Gasteiger partial charge is 0.264 e. The first kappa shape index (κ1) is 21.6. The lowest BCUT2D eigenvalue weighted by atomic mass is 9.79. The molecule has 6 heteroatoms. The van der Waals surface area contributed by atoms with Crippen LogP contribution in [0.4, 0.5) is 15.8 Å². The quantitative estimate of drug-likeness (QED) is 0.580. The number of carbonyl (C=O) groups excluding carboxylic acids is 1. The summed E-state index contributed by atoms with van der Waals surface area (Å²) >= 11 is 1.30. The molecule has 4 rings (SSSR count). The Morgan fingerprint density at radius 1 is 1.23 bits per heavy atom. The van der Waals surface area contributed by atoms with Crippen molar-refractivity contribution >= 4 is 40.3 Å². The van der Waals surface area contributed by atoms with Gasteiger partial charge in [0, 0.05) is 17.3 Å². The average Bonchev–Trinajstić information content (AvgIpc) is 3.02. The fourth-order valence-corrected chi connectivity index (χ4v) is 5.64. The van der Waals surface area contributed by atoms with Gasteiger partial charge in [-0.05, 0) is 105 Å². The summed E-state index contributed by atoms with van der Waals surface area (Å²) in [6.07, 6.45) is 3.00. The van der Waals surface area contributed by atoms with E-state index in [2.05, 4.69) is 68.0 Å². The molecule has 2 aromatic rings. The predicted molar refractivity (Wildman–Crippen MR) is 128 cm³/mol. The molecule has 2 aromatic carbocycles. The lowest BCUT2D eigenvalue weighted by Gasteiger charge is -2.50. The highest BCUT2D eigenvalue weighted by Crippen LogP contribution is 2.45. The fraction of sp³-hybridized carbons (Fsp3) is 0.360. The van der Waals surface area contributed by atoms with Crippen LogP contribution >= 0.6 is 11.8 Å². The van der Waals surface area contributed by atoms with Crippen LogP contribution in [0.2, 0.25) is 0 Å². The molecule has 1 amide bonds. The second-order valence-corrected chi connectivity index (χ2v) is 10.2. The molecule has 1 saturated heterocycles. The summed E-state index contributed by atoms with van der Waals surface area (Å²) in [6.45, 7) is 11.4. The Morgan fingerprint density at radius 2 is 1.94 bits per heavy atom. The lowest BCUT2D eigenvalue weighted by molar-refractivity contribution is -0.115. The lowest BCUT2D eigenvalue weighted by Crippen LogP contribution is -2.51. The highest BCUT2D eigenvalue weighted by Gasteiger charge is 2.37. The number of hydrogen-bond donors (Lipinski definition) is 1. The minimum absolute atomic E-state index is 0.105. The molecule has 1 fully saturated rings. The van der Waals surface area contributed by atoms with E-state index >= 15 is 0 Å². The zero-order valence-corrected chi connectivity index (χ0v) is 19.4. The third-order valence-corrected chi connectivity index (χ3v) is 6.73. The highest BCUT2D eigenvalue weighted by molar-refractivity contribution is 8.18. The first-order valence-corrected chi connectivity index (χ1v) is 11.4. The third-order valence-electron chi connectivity index (χ3n) is 5.82. The molecular weight excluding hydrogens is 409 g/mol. The van der Waals surface area contributed by atoms with Crippen molar-refractivity contribution in [3.05, 3.63) is 64.3 Å². The normalized spacial score (nSPS) is 22.9. The van der Waals surface area contributed by atoms with Gasteiger partial charge in [0.2, 0.25) is 0 Å². The Balaban J connectivity index is 1.62. The molecule has 0 saturated carbocycles. The molecule has 162 valence electrons. The van der Waals surface area contributed by atoms with Gasteiger partial charge < -0.3 is 10.2 Å². The van der Waals surface area contributed by atoms with E-state index in [0.29, 0.717) is 27.7 Å². The monoisotopic (exact) mass is 437 g/mol. The molecule has 1 N–H and O–H groups in total. The molecule has 0 unspecified atom stereocenters. The van der Waals surface area contributed by atoms with Crippen molar-refractivity contribution in [1.29, 1.82) is 0 Å². The Hall–Kier alpha value is -2.60. The number of nitrogens with one attached hydrogen (secondary N) is 1. The molecule has 2 aliphatic heterocycles. The number of amides is 1. The van der Waals surface area contributed by atoms with Crippen molar-refractivity contribution < 1.29 is 9.18 Å². The van der Waals surface area contributed by atoms with E-state index in [9.17, 15) is 9.18 Å². The zero-order chi connectivity index (χ0) is 22.3. The second-order valence-electron chi connectivity index (χ2n) is 9.16. The molecule has 0 radical (unpaired) electrons. The van der Waals surface area contributed by atoms with Gasteiger partial charge in [-0.1, -0.05) is 13.0 Å². The van der Waals surface area contributed by atoms with Gasteiger partial charge >= 0.3 is 0 Å². The van der Waals surface area contributed by atoms with Gasteiger partial charge in [-0.3, -0.25) is 4.79 Å². The summed E-state index contributed by atoms with van der Waals surface area (Å²) in [5.41, 5.74) is 4.32. The predicted octanol–water partition coefficient (Wildman–Crippen LogP) is 6.22. The van der Waals surface area contributed by atoms with E-state index in [0.717, 1.165) is 12.0 Å². The first-order valence-electron chi connectivity index (χ1n) is 10.6. The van der Waals surface area contributed by atoms with Crippen LogP contribution < -0.4 is 10.2 Å². The summed E-state index contributed by atoms with van der Waals surface area (Å²) < 4.78 is 13.1. The van der Waals surface area contributed by atoms with Crippen molar-refractivity contribution in [1.82, 2.24) is 5.32 Å². The second kappa shape index (κ2) is 8.15. The van der Waals surface area contributed by atoms with Crippen LogP contribution in [-0.4, -0.2) is 22.7 Å². The van der Waals surface area contributed by atoms with Crippen LogP contribution in [0.3, 0.4) is 0 Å². The maximum Gasteiger partial charge on any atom is 0.264 e. The highest BCUT2D eigenvalue weighted by atomic mass is 32.2. The molecule has 0 aromatic heterocycles. The van der Waals surface area contributed by atoms with Crippen molar-refractivity contribution in [3.63, 3.8) is 0 Å². The van der Waals surface area contributed by atoms with Crippen LogP contribution in [0.1, 0.15) is 58.1 Å².